The van der Waals surface area contributed by atoms with Gasteiger partial charge in [-0.05, 0) is 42.9 Å². The molecular weight excluding hydrogens is 625 g/mol. The molecule has 1 rings (SSSR count). The summed E-state index contributed by atoms with van der Waals surface area (Å²) in [7, 11) is 0. The molecule has 52 heavy (non-hydrogen) atoms. The van der Waals surface area contributed by atoms with Crippen LogP contribution in [0.1, 0.15) is 295 Å². The molecule has 0 fully saturated rings. The normalized spacial score (nSPS) is 11.6. The maximum Gasteiger partial charge on any atom is -0.0178 e. The molecule has 0 saturated heterocycles. The third kappa shape index (κ3) is 37.5. The van der Waals surface area contributed by atoms with Crippen LogP contribution in [0.15, 0.2) is 18.2 Å². The van der Waals surface area contributed by atoms with Crippen molar-refractivity contribution in [2.24, 2.45) is 0 Å². The molecule has 1 aromatic carbocycles. The Morgan fingerprint density at radius 1 is 0.250 bits per heavy atom. The molecule has 0 aromatic heterocycles. The van der Waals surface area contributed by atoms with E-state index in [1.54, 1.807) is 0 Å². The standard InChI is InChI=1S/C52H97/c1-3-5-7-9-11-13-15-17-19-21-23-25-27-29-31-33-35-37-39-41-43-46-51-48-45-49-52(50-51)47-44-42-40-38-36-34-32-30-28-26-24-22-20-18-16-14-12-10-8-6-4-2/h48-50H,3-44,46-47H2,1-2H3. The van der Waals surface area contributed by atoms with Gasteiger partial charge in [0, 0.05) is 0 Å². The molecule has 0 amide bonds. The van der Waals surface area contributed by atoms with Crippen molar-refractivity contribution in [2.45, 2.75) is 296 Å². The van der Waals surface area contributed by atoms with E-state index < -0.39 is 0 Å². The first kappa shape index (κ1) is 49.2. The summed E-state index contributed by atoms with van der Waals surface area (Å²) < 4.78 is 0. The van der Waals surface area contributed by atoms with Crippen molar-refractivity contribution in [3.63, 3.8) is 0 Å². The number of rotatable bonds is 44. The van der Waals surface area contributed by atoms with Gasteiger partial charge in [0.1, 0.15) is 0 Å². The zero-order valence-corrected chi connectivity index (χ0v) is 36.3. The number of hydrogen-bond acceptors (Lipinski definition) is 0. The maximum atomic E-state index is 3.46. The van der Waals surface area contributed by atoms with E-state index in [9.17, 15) is 0 Å². The largest absolute Gasteiger partial charge is 0.0654 e. The maximum absolute atomic E-state index is 3.46. The zero-order valence-electron chi connectivity index (χ0n) is 36.3. The summed E-state index contributed by atoms with van der Waals surface area (Å²) in [5, 5.41) is 0. The van der Waals surface area contributed by atoms with Gasteiger partial charge in [0.15, 0.2) is 0 Å². The quantitative estimate of drug-likeness (QED) is 0.0589. The first-order valence-corrected chi connectivity index (χ1v) is 24.9. The summed E-state index contributed by atoms with van der Waals surface area (Å²) in [4.78, 5) is 0. The minimum absolute atomic E-state index is 1.25. The van der Waals surface area contributed by atoms with Crippen LogP contribution in [-0.2, 0) is 12.8 Å². The van der Waals surface area contributed by atoms with Gasteiger partial charge in [0.05, 0.1) is 0 Å². The molecule has 0 N–H and O–H groups in total. The molecule has 1 aromatic rings. The highest BCUT2D eigenvalue weighted by Gasteiger charge is 2.01. The average molecular weight is 722 g/mol. The summed E-state index contributed by atoms with van der Waals surface area (Å²) >= 11 is 0. The summed E-state index contributed by atoms with van der Waals surface area (Å²) in [6.07, 6.45) is 63.7. The molecule has 0 bridgehead atoms. The van der Waals surface area contributed by atoms with Crippen LogP contribution in [0.4, 0.5) is 0 Å². The van der Waals surface area contributed by atoms with E-state index in [1.807, 2.05) is 0 Å². The van der Waals surface area contributed by atoms with Gasteiger partial charge in [-0.25, -0.2) is 0 Å². The smallest absolute Gasteiger partial charge is 0.0178 e. The van der Waals surface area contributed by atoms with E-state index >= 15 is 0 Å². The van der Waals surface area contributed by atoms with Crippen LogP contribution in [-0.4, -0.2) is 0 Å². The molecule has 0 heterocycles. The zero-order chi connectivity index (χ0) is 37.1. The van der Waals surface area contributed by atoms with Crippen LogP contribution in [0.25, 0.3) is 0 Å². The Morgan fingerprint density at radius 2 is 0.423 bits per heavy atom. The Bertz CT molecular complexity index is 717. The van der Waals surface area contributed by atoms with Crippen LogP contribution in [0.2, 0.25) is 0 Å². The Hall–Kier alpha value is -0.780. The predicted molar refractivity (Wildman–Crippen MR) is 238 cm³/mol. The number of unbranched alkanes of at least 4 members (excludes halogenated alkanes) is 40. The summed E-state index contributed by atoms with van der Waals surface area (Å²) in [5.41, 5.74) is 3.05. The second kappa shape index (κ2) is 43.0. The molecule has 0 saturated carbocycles. The van der Waals surface area contributed by atoms with Crippen LogP contribution in [0, 0.1) is 6.07 Å². The molecule has 0 aliphatic carbocycles. The molecule has 305 valence electrons. The van der Waals surface area contributed by atoms with Gasteiger partial charge in [-0.15, -0.1) is 0 Å². The molecular formula is C52H97. The van der Waals surface area contributed by atoms with Crippen molar-refractivity contribution in [1.29, 1.82) is 0 Å². The summed E-state index contributed by atoms with van der Waals surface area (Å²) in [5.74, 6) is 0. The lowest BCUT2D eigenvalue weighted by molar-refractivity contribution is 0.520. The Morgan fingerprint density at radius 3 is 0.615 bits per heavy atom. The fraction of sp³-hybridized carbons (Fsp3) is 0.885. The third-order valence-corrected chi connectivity index (χ3v) is 12.0. The Kier molecular flexibility index (Phi) is 40.7. The van der Waals surface area contributed by atoms with Gasteiger partial charge in [-0.1, -0.05) is 289 Å². The highest BCUT2D eigenvalue weighted by molar-refractivity contribution is 5.22. The van der Waals surface area contributed by atoms with Gasteiger partial charge in [0.25, 0.3) is 0 Å². The van der Waals surface area contributed by atoms with E-state index in [2.05, 4.69) is 38.1 Å². The summed E-state index contributed by atoms with van der Waals surface area (Å²) in [6.45, 7) is 4.62. The lowest BCUT2D eigenvalue weighted by Gasteiger charge is -2.07. The minimum Gasteiger partial charge on any atom is -0.0654 e. The van der Waals surface area contributed by atoms with Crippen molar-refractivity contribution in [1.82, 2.24) is 0 Å². The highest BCUT2D eigenvalue weighted by Crippen LogP contribution is 2.18. The minimum atomic E-state index is 1.25. The second-order valence-corrected chi connectivity index (χ2v) is 17.4. The monoisotopic (exact) mass is 722 g/mol. The van der Waals surface area contributed by atoms with Crippen molar-refractivity contribution in [3.8, 4) is 0 Å². The molecule has 0 atom stereocenters. The van der Waals surface area contributed by atoms with Crippen LogP contribution < -0.4 is 0 Å². The molecule has 0 unspecified atom stereocenters. The molecule has 0 aliphatic rings. The van der Waals surface area contributed by atoms with Gasteiger partial charge < -0.3 is 0 Å². The summed E-state index contributed by atoms with van der Waals surface area (Å²) in [6, 6.07) is 10.4. The Labute approximate surface area is 330 Å². The van der Waals surface area contributed by atoms with Crippen molar-refractivity contribution in [2.75, 3.05) is 0 Å². The number of benzene rings is 1. The Balaban J connectivity index is 1.79. The predicted octanol–water partition coefficient (Wildman–Crippen LogP) is 19.0. The first-order valence-electron chi connectivity index (χ1n) is 24.9. The van der Waals surface area contributed by atoms with Crippen LogP contribution in [0.5, 0.6) is 0 Å². The average Bonchev–Trinajstić information content (AvgIpc) is 3.16. The van der Waals surface area contributed by atoms with Gasteiger partial charge in [-0.2, -0.15) is 0 Å². The van der Waals surface area contributed by atoms with E-state index in [1.165, 1.54) is 294 Å². The van der Waals surface area contributed by atoms with E-state index in [-0.39, 0.29) is 0 Å². The molecule has 1 radical (unpaired) electrons. The SMILES string of the molecule is CCCCCCCCCCCCCCCCCCCCCCCc1c[c]cc(CCCCCCCCCCCCCCCCCCCCCCC)c1. The number of hydrogen-bond donors (Lipinski definition) is 0. The van der Waals surface area contributed by atoms with Crippen molar-refractivity contribution >= 4 is 0 Å². The van der Waals surface area contributed by atoms with Crippen LogP contribution >= 0.6 is 0 Å². The first-order chi connectivity index (χ1) is 25.9. The lowest BCUT2D eigenvalue weighted by Crippen LogP contribution is -1.91. The van der Waals surface area contributed by atoms with Gasteiger partial charge in [-0.3, -0.25) is 0 Å². The third-order valence-electron chi connectivity index (χ3n) is 12.0. The second-order valence-electron chi connectivity index (χ2n) is 17.4. The van der Waals surface area contributed by atoms with E-state index in [0.717, 1.165) is 0 Å². The van der Waals surface area contributed by atoms with Gasteiger partial charge >= 0.3 is 0 Å². The molecule has 0 heteroatoms. The number of aryl methyl sites for hydroxylation is 2. The topological polar surface area (TPSA) is 0 Å². The molecule has 0 nitrogen and oxygen atoms in total. The van der Waals surface area contributed by atoms with E-state index in [0.29, 0.717) is 0 Å². The van der Waals surface area contributed by atoms with E-state index in [4.69, 9.17) is 0 Å². The fourth-order valence-electron chi connectivity index (χ4n) is 8.39. The molecule has 0 aliphatic heterocycles. The van der Waals surface area contributed by atoms with Crippen molar-refractivity contribution in [3.05, 3.63) is 35.4 Å². The van der Waals surface area contributed by atoms with Crippen LogP contribution in [0.3, 0.4) is 0 Å². The molecule has 0 spiro atoms. The van der Waals surface area contributed by atoms with Gasteiger partial charge in [0.2, 0.25) is 0 Å². The fourth-order valence-corrected chi connectivity index (χ4v) is 8.39. The lowest BCUT2D eigenvalue weighted by atomic mass is 9.99. The highest BCUT2D eigenvalue weighted by atomic mass is 14.1. The van der Waals surface area contributed by atoms with Crippen molar-refractivity contribution < 1.29 is 0 Å².